The Bertz CT molecular complexity index is 1290. The van der Waals surface area contributed by atoms with Crippen molar-refractivity contribution in [2.75, 3.05) is 12.4 Å². The van der Waals surface area contributed by atoms with Crippen LogP contribution in [-0.2, 0) is 18.5 Å². The van der Waals surface area contributed by atoms with Crippen LogP contribution in [0.15, 0.2) is 91.3 Å². The molecular formula is C28H26FN3O. The molecule has 0 bridgehead atoms. The van der Waals surface area contributed by atoms with Crippen LogP contribution in [0.5, 0.6) is 0 Å². The van der Waals surface area contributed by atoms with Crippen LogP contribution in [0.3, 0.4) is 0 Å². The Balaban J connectivity index is 1.47. The zero-order valence-corrected chi connectivity index (χ0v) is 18.5. The Morgan fingerprint density at radius 1 is 1.06 bits per heavy atom. The van der Waals surface area contributed by atoms with Crippen LogP contribution in [0.1, 0.15) is 23.1 Å². The number of benzene rings is 3. The van der Waals surface area contributed by atoms with Gasteiger partial charge in [0, 0.05) is 36.6 Å². The van der Waals surface area contributed by atoms with Crippen molar-refractivity contribution >= 4 is 22.5 Å². The van der Waals surface area contributed by atoms with Crippen LogP contribution in [0.25, 0.3) is 10.8 Å². The number of pyridine rings is 1. The molecule has 2 unspecified atom stereocenters. The predicted octanol–water partition coefficient (Wildman–Crippen LogP) is 6.12. The topological polar surface area (TPSA) is 45.2 Å². The Morgan fingerprint density at radius 3 is 2.70 bits per heavy atom. The Kier molecular flexibility index (Phi) is 5.55. The van der Waals surface area contributed by atoms with Crippen molar-refractivity contribution in [2.24, 2.45) is 0 Å². The van der Waals surface area contributed by atoms with E-state index in [-0.39, 0.29) is 12.5 Å². The maximum Gasteiger partial charge on any atom is 0.321 e. The molecule has 1 heterocycles. The lowest BCUT2D eigenvalue weighted by Crippen LogP contribution is -2.53. The third-order valence-electron chi connectivity index (χ3n) is 6.69. The van der Waals surface area contributed by atoms with E-state index >= 15 is 4.39 Å². The van der Waals surface area contributed by atoms with Gasteiger partial charge in [-0.25, -0.2) is 9.18 Å². The maximum atomic E-state index is 17.1. The molecule has 0 fully saturated rings. The maximum absolute atomic E-state index is 17.1. The van der Waals surface area contributed by atoms with E-state index in [1.807, 2.05) is 78.9 Å². The van der Waals surface area contributed by atoms with Gasteiger partial charge in [0.2, 0.25) is 0 Å². The molecular weight excluding hydrogens is 413 g/mol. The molecule has 0 spiro atoms. The fourth-order valence-corrected chi connectivity index (χ4v) is 5.03. The highest BCUT2D eigenvalue weighted by Crippen LogP contribution is 2.43. The van der Waals surface area contributed by atoms with Gasteiger partial charge in [0.25, 0.3) is 0 Å². The standard InChI is InChI=1S/C28H26FN3O/c1-32(27(33)31-25-13-7-11-22-19-30-17-16-23(22)25)26-15-14-21-10-5-6-12-24(21)28(26,29)18-20-8-3-2-4-9-20/h2-13,16-17,19,26H,14-15,18H2,1H3,(H,31,33). The van der Waals surface area contributed by atoms with Crippen LogP contribution in [0, 0.1) is 0 Å². The smallest absolute Gasteiger partial charge is 0.321 e. The number of carbonyl (C=O) groups is 1. The van der Waals surface area contributed by atoms with Crippen molar-refractivity contribution in [3.05, 3.63) is 108 Å². The molecule has 1 N–H and O–H groups in total. The molecule has 1 aromatic heterocycles. The van der Waals surface area contributed by atoms with Crippen molar-refractivity contribution in [1.29, 1.82) is 0 Å². The summed E-state index contributed by atoms with van der Waals surface area (Å²) >= 11 is 0. The number of carbonyl (C=O) groups excluding carboxylic acids is 1. The number of halogens is 1. The molecule has 3 aromatic carbocycles. The number of fused-ring (bicyclic) bond motifs is 2. The van der Waals surface area contributed by atoms with Gasteiger partial charge in [-0.2, -0.15) is 0 Å². The van der Waals surface area contributed by atoms with E-state index in [2.05, 4.69) is 10.3 Å². The SMILES string of the molecule is CN(C(=O)Nc1cccc2cnccc12)C1CCc2ccccc2C1(F)Cc1ccccc1. The number of alkyl halides is 1. The van der Waals surface area contributed by atoms with Crippen LogP contribution >= 0.6 is 0 Å². The number of aromatic nitrogens is 1. The molecule has 4 aromatic rings. The number of likely N-dealkylation sites (N-methyl/N-ethyl adjacent to an activating group) is 1. The lowest BCUT2D eigenvalue weighted by atomic mass is 9.73. The second-order valence-corrected chi connectivity index (χ2v) is 8.68. The summed E-state index contributed by atoms with van der Waals surface area (Å²) in [6.45, 7) is 0. The summed E-state index contributed by atoms with van der Waals surface area (Å²) in [4.78, 5) is 19.0. The summed E-state index contributed by atoms with van der Waals surface area (Å²) in [5, 5.41) is 4.84. The number of hydrogen-bond donors (Lipinski definition) is 1. The number of amides is 2. The lowest BCUT2D eigenvalue weighted by molar-refractivity contribution is 0.0387. The Morgan fingerprint density at radius 2 is 1.85 bits per heavy atom. The highest BCUT2D eigenvalue weighted by molar-refractivity contribution is 6.01. The molecule has 2 amide bonds. The third-order valence-corrected chi connectivity index (χ3v) is 6.69. The van der Waals surface area contributed by atoms with E-state index < -0.39 is 11.7 Å². The molecule has 0 aliphatic heterocycles. The van der Waals surface area contributed by atoms with Gasteiger partial charge in [0.1, 0.15) is 0 Å². The van der Waals surface area contributed by atoms with Crippen molar-refractivity contribution in [2.45, 2.75) is 31.0 Å². The van der Waals surface area contributed by atoms with Crippen LogP contribution in [0.4, 0.5) is 14.9 Å². The van der Waals surface area contributed by atoms with Crippen LogP contribution in [-0.4, -0.2) is 29.0 Å². The molecule has 4 nitrogen and oxygen atoms in total. The Hall–Kier alpha value is -3.73. The second kappa shape index (κ2) is 8.66. The van der Waals surface area contributed by atoms with E-state index in [9.17, 15) is 4.79 Å². The minimum absolute atomic E-state index is 0.215. The highest BCUT2D eigenvalue weighted by Gasteiger charge is 2.48. The van der Waals surface area contributed by atoms with Crippen molar-refractivity contribution < 1.29 is 9.18 Å². The molecule has 166 valence electrons. The number of nitrogens with zero attached hydrogens (tertiary/aromatic N) is 2. The fraction of sp³-hybridized carbons (Fsp3) is 0.214. The van der Waals surface area contributed by atoms with Crippen LogP contribution < -0.4 is 5.32 Å². The first-order valence-corrected chi connectivity index (χ1v) is 11.2. The summed E-state index contributed by atoms with van der Waals surface area (Å²) in [5.74, 6) is 0. The molecule has 0 saturated heterocycles. The molecule has 0 radical (unpaired) electrons. The van der Waals surface area contributed by atoms with E-state index in [4.69, 9.17) is 0 Å². The molecule has 1 aliphatic carbocycles. The first-order chi connectivity index (χ1) is 16.1. The van der Waals surface area contributed by atoms with Gasteiger partial charge < -0.3 is 10.2 Å². The number of aryl methyl sites for hydroxylation is 1. The summed E-state index contributed by atoms with van der Waals surface area (Å²) < 4.78 is 17.1. The second-order valence-electron chi connectivity index (χ2n) is 8.68. The third kappa shape index (κ3) is 3.95. The summed E-state index contributed by atoms with van der Waals surface area (Å²) in [5.41, 5.74) is 1.61. The average molecular weight is 440 g/mol. The molecule has 2 atom stereocenters. The van der Waals surface area contributed by atoms with E-state index in [0.29, 0.717) is 17.7 Å². The highest BCUT2D eigenvalue weighted by atomic mass is 19.1. The molecule has 0 saturated carbocycles. The molecule has 5 heteroatoms. The number of rotatable bonds is 4. The van der Waals surface area contributed by atoms with Gasteiger partial charge >= 0.3 is 6.03 Å². The number of urea groups is 1. The first kappa shape index (κ1) is 21.1. The van der Waals surface area contributed by atoms with Crippen molar-refractivity contribution in [3.8, 4) is 0 Å². The Labute approximate surface area is 193 Å². The van der Waals surface area contributed by atoms with Crippen molar-refractivity contribution in [3.63, 3.8) is 0 Å². The minimum Gasteiger partial charge on any atom is -0.321 e. The molecule has 5 rings (SSSR count). The lowest BCUT2D eigenvalue weighted by Gasteiger charge is -2.44. The van der Waals surface area contributed by atoms with Gasteiger partial charge in [-0.3, -0.25) is 4.98 Å². The van der Waals surface area contributed by atoms with E-state index in [0.717, 1.165) is 28.3 Å². The fourth-order valence-electron chi connectivity index (χ4n) is 5.03. The largest absolute Gasteiger partial charge is 0.321 e. The van der Waals surface area contributed by atoms with Gasteiger partial charge in [0.05, 0.1) is 11.7 Å². The van der Waals surface area contributed by atoms with Gasteiger partial charge in [0.15, 0.2) is 5.67 Å². The van der Waals surface area contributed by atoms with E-state index in [1.165, 1.54) is 0 Å². The normalized spacial score (nSPS) is 19.6. The first-order valence-electron chi connectivity index (χ1n) is 11.2. The summed E-state index contributed by atoms with van der Waals surface area (Å²) in [6.07, 6.45) is 4.97. The zero-order valence-electron chi connectivity index (χ0n) is 18.5. The summed E-state index contributed by atoms with van der Waals surface area (Å²) in [6, 6.07) is 24.0. The monoisotopic (exact) mass is 439 g/mol. The van der Waals surface area contributed by atoms with Gasteiger partial charge in [-0.15, -0.1) is 0 Å². The molecule has 1 aliphatic rings. The predicted molar refractivity (Wildman–Crippen MR) is 130 cm³/mol. The average Bonchev–Trinajstić information content (AvgIpc) is 2.85. The number of nitrogens with one attached hydrogen (secondary N) is 1. The van der Waals surface area contributed by atoms with Gasteiger partial charge in [-0.1, -0.05) is 66.7 Å². The number of hydrogen-bond acceptors (Lipinski definition) is 2. The van der Waals surface area contributed by atoms with E-state index in [1.54, 1.807) is 24.3 Å². The quantitative estimate of drug-likeness (QED) is 0.416. The minimum atomic E-state index is -1.69. The van der Waals surface area contributed by atoms with Crippen molar-refractivity contribution in [1.82, 2.24) is 9.88 Å². The number of anilines is 1. The van der Waals surface area contributed by atoms with Gasteiger partial charge in [-0.05, 0) is 41.7 Å². The summed E-state index contributed by atoms with van der Waals surface area (Å²) in [7, 11) is 1.69. The van der Waals surface area contributed by atoms with Crippen LogP contribution in [0.2, 0.25) is 0 Å². The zero-order chi connectivity index (χ0) is 22.8. The molecule has 33 heavy (non-hydrogen) atoms.